The van der Waals surface area contributed by atoms with Crippen molar-refractivity contribution >= 4 is 27.5 Å². The number of nitrogens with one attached hydrogen (secondary N) is 2. The third kappa shape index (κ3) is 5.48. The second-order valence-electron chi connectivity index (χ2n) is 5.09. The molecule has 0 aliphatic heterocycles. The molecule has 2 aromatic rings. The highest BCUT2D eigenvalue weighted by Crippen LogP contribution is 2.15. The fourth-order valence-corrected chi connectivity index (χ4v) is 3.20. The van der Waals surface area contributed by atoms with E-state index in [0.29, 0.717) is 11.1 Å². The van der Waals surface area contributed by atoms with Crippen LogP contribution in [0.2, 0.25) is 5.02 Å². The van der Waals surface area contributed by atoms with E-state index in [4.69, 9.17) is 11.6 Å². The van der Waals surface area contributed by atoms with Crippen molar-refractivity contribution in [1.82, 2.24) is 10.0 Å². The number of halogens is 3. The van der Waals surface area contributed by atoms with Crippen LogP contribution >= 0.6 is 11.6 Å². The highest BCUT2D eigenvalue weighted by molar-refractivity contribution is 7.89. The molecule has 5 nitrogen and oxygen atoms in total. The average molecular weight is 389 g/mol. The number of carbonyl (C=O) groups excluding carboxylic acids is 1. The lowest BCUT2D eigenvalue weighted by molar-refractivity contribution is -0.121. The van der Waals surface area contributed by atoms with Crippen molar-refractivity contribution in [2.24, 2.45) is 0 Å². The summed E-state index contributed by atoms with van der Waals surface area (Å²) < 4.78 is 52.0. The minimum Gasteiger partial charge on any atom is -0.352 e. The van der Waals surface area contributed by atoms with Gasteiger partial charge in [-0.2, -0.15) is 0 Å². The molecule has 0 fully saturated rings. The van der Waals surface area contributed by atoms with E-state index in [2.05, 4.69) is 10.0 Å². The van der Waals surface area contributed by atoms with Gasteiger partial charge in [-0.3, -0.25) is 4.79 Å². The van der Waals surface area contributed by atoms with Crippen LogP contribution in [-0.4, -0.2) is 20.9 Å². The lowest BCUT2D eigenvalue weighted by Crippen LogP contribution is -2.30. The Balaban J connectivity index is 1.84. The normalized spacial score (nSPS) is 11.3. The molecule has 0 aromatic heterocycles. The molecule has 0 radical (unpaired) electrons. The van der Waals surface area contributed by atoms with Gasteiger partial charge in [0.2, 0.25) is 15.9 Å². The molecule has 0 unspecified atom stereocenters. The third-order valence-electron chi connectivity index (χ3n) is 3.28. The summed E-state index contributed by atoms with van der Waals surface area (Å²) in [6.45, 7) is 0.0319. The Morgan fingerprint density at radius 2 is 1.80 bits per heavy atom. The van der Waals surface area contributed by atoms with Crippen LogP contribution < -0.4 is 10.0 Å². The van der Waals surface area contributed by atoms with Crippen molar-refractivity contribution in [2.45, 2.75) is 17.9 Å². The van der Waals surface area contributed by atoms with Crippen molar-refractivity contribution in [1.29, 1.82) is 0 Å². The summed E-state index contributed by atoms with van der Waals surface area (Å²) in [4.78, 5) is 11.3. The molecule has 0 saturated carbocycles. The quantitative estimate of drug-likeness (QED) is 0.765. The second kappa shape index (κ2) is 8.37. The summed E-state index contributed by atoms with van der Waals surface area (Å²) in [5, 5.41) is 3.13. The third-order valence-corrected chi connectivity index (χ3v) is 5.11. The van der Waals surface area contributed by atoms with Crippen LogP contribution in [0, 0.1) is 11.6 Å². The minimum atomic E-state index is -4.03. The largest absolute Gasteiger partial charge is 0.352 e. The maximum atomic E-state index is 13.1. The molecule has 2 N–H and O–H groups in total. The van der Waals surface area contributed by atoms with Crippen molar-refractivity contribution in [3.05, 3.63) is 64.7 Å². The molecule has 0 heterocycles. The molecule has 9 heteroatoms. The Bertz CT molecular complexity index is 875. The van der Waals surface area contributed by atoms with Gasteiger partial charge in [-0.15, -0.1) is 0 Å². The molecular formula is C16H15ClF2N2O3S. The zero-order valence-electron chi connectivity index (χ0n) is 12.9. The van der Waals surface area contributed by atoms with Crippen LogP contribution in [0.15, 0.2) is 47.4 Å². The fourth-order valence-electron chi connectivity index (χ4n) is 1.95. The molecule has 2 rings (SSSR count). The molecule has 0 saturated heterocycles. The van der Waals surface area contributed by atoms with Gasteiger partial charge in [0.1, 0.15) is 0 Å². The fraction of sp³-hybridized carbons (Fsp3) is 0.188. The second-order valence-corrected chi connectivity index (χ2v) is 7.27. The Kier molecular flexibility index (Phi) is 6.46. The standard InChI is InChI=1S/C16H15ClF2N2O3S/c17-13-4-2-1-3-11(13)10-20-16(22)7-8-21-25(23,24)12-5-6-14(18)15(19)9-12/h1-6,9,21H,7-8,10H2,(H,20,22). The predicted octanol–water partition coefficient (Wildman–Crippen LogP) is 2.60. The molecule has 0 spiro atoms. The van der Waals surface area contributed by atoms with Crippen LogP contribution in [0.5, 0.6) is 0 Å². The van der Waals surface area contributed by atoms with Crippen molar-refractivity contribution in [2.75, 3.05) is 6.54 Å². The molecule has 25 heavy (non-hydrogen) atoms. The average Bonchev–Trinajstić information content (AvgIpc) is 2.56. The Labute approximate surface area is 149 Å². The molecule has 1 amide bonds. The number of benzene rings is 2. The van der Waals surface area contributed by atoms with Gasteiger partial charge in [0, 0.05) is 24.5 Å². The predicted molar refractivity (Wildman–Crippen MR) is 89.5 cm³/mol. The van der Waals surface area contributed by atoms with E-state index in [9.17, 15) is 22.0 Å². The lowest BCUT2D eigenvalue weighted by atomic mass is 10.2. The molecule has 0 aliphatic rings. The van der Waals surface area contributed by atoms with Gasteiger partial charge in [-0.25, -0.2) is 21.9 Å². The Morgan fingerprint density at radius 1 is 1.08 bits per heavy atom. The van der Waals surface area contributed by atoms with Crippen molar-refractivity contribution < 1.29 is 22.0 Å². The first-order chi connectivity index (χ1) is 11.8. The highest BCUT2D eigenvalue weighted by atomic mass is 35.5. The van der Waals surface area contributed by atoms with E-state index >= 15 is 0 Å². The van der Waals surface area contributed by atoms with Gasteiger partial charge >= 0.3 is 0 Å². The molecule has 134 valence electrons. The molecule has 2 aromatic carbocycles. The van der Waals surface area contributed by atoms with Gasteiger partial charge in [0.15, 0.2) is 11.6 Å². The number of hydrogen-bond acceptors (Lipinski definition) is 3. The van der Waals surface area contributed by atoms with Gasteiger partial charge in [-0.05, 0) is 29.8 Å². The van der Waals surface area contributed by atoms with E-state index < -0.39 is 26.6 Å². The van der Waals surface area contributed by atoms with Crippen molar-refractivity contribution in [3.8, 4) is 0 Å². The summed E-state index contributed by atoms with van der Waals surface area (Å²) in [7, 11) is -4.03. The Hall–Kier alpha value is -2.03. The number of carbonyl (C=O) groups is 1. The number of amides is 1. The van der Waals surface area contributed by atoms with Crippen molar-refractivity contribution in [3.63, 3.8) is 0 Å². The summed E-state index contributed by atoms with van der Waals surface area (Å²) in [5.74, 6) is -2.79. The summed E-state index contributed by atoms with van der Waals surface area (Å²) in [6.07, 6.45) is -0.118. The van der Waals surface area contributed by atoms with Crippen LogP contribution in [0.3, 0.4) is 0 Å². The van der Waals surface area contributed by atoms with Gasteiger partial charge in [0.25, 0.3) is 0 Å². The number of rotatable bonds is 7. The van der Waals surface area contributed by atoms with E-state index in [0.717, 1.165) is 17.7 Å². The number of sulfonamides is 1. The SMILES string of the molecule is O=C(CCNS(=O)(=O)c1ccc(F)c(F)c1)NCc1ccccc1Cl. The number of hydrogen-bond donors (Lipinski definition) is 2. The first kappa shape index (κ1) is 19.3. The molecule has 0 bridgehead atoms. The van der Waals surface area contributed by atoms with Crippen LogP contribution in [0.25, 0.3) is 0 Å². The first-order valence-electron chi connectivity index (χ1n) is 7.24. The summed E-state index contributed by atoms with van der Waals surface area (Å²) >= 11 is 5.96. The van der Waals surface area contributed by atoms with Crippen LogP contribution in [0.1, 0.15) is 12.0 Å². The maximum absolute atomic E-state index is 13.1. The lowest BCUT2D eigenvalue weighted by Gasteiger charge is -2.09. The van der Waals surface area contributed by atoms with E-state index in [-0.39, 0.29) is 25.4 Å². The highest BCUT2D eigenvalue weighted by Gasteiger charge is 2.16. The molecule has 0 atom stereocenters. The zero-order chi connectivity index (χ0) is 18.4. The topological polar surface area (TPSA) is 75.3 Å². The maximum Gasteiger partial charge on any atom is 0.240 e. The van der Waals surface area contributed by atoms with Gasteiger partial charge in [0.05, 0.1) is 4.90 Å². The monoisotopic (exact) mass is 388 g/mol. The van der Waals surface area contributed by atoms with E-state index in [1.807, 2.05) is 0 Å². The summed E-state index contributed by atoms with van der Waals surface area (Å²) in [6, 6.07) is 9.24. The van der Waals surface area contributed by atoms with Gasteiger partial charge in [-0.1, -0.05) is 29.8 Å². The zero-order valence-corrected chi connectivity index (χ0v) is 14.5. The Morgan fingerprint density at radius 3 is 2.48 bits per heavy atom. The molecular weight excluding hydrogens is 374 g/mol. The van der Waals surface area contributed by atoms with Crippen LogP contribution in [0.4, 0.5) is 8.78 Å². The van der Waals surface area contributed by atoms with Gasteiger partial charge < -0.3 is 5.32 Å². The first-order valence-corrected chi connectivity index (χ1v) is 9.10. The minimum absolute atomic E-state index is 0.118. The van der Waals surface area contributed by atoms with E-state index in [1.165, 1.54) is 0 Å². The summed E-state index contributed by atoms with van der Waals surface area (Å²) in [5.41, 5.74) is 0.736. The van der Waals surface area contributed by atoms with E-state index in [1.54, 1.807) is 24.3 Å². The smallest absolute Gasteiger partial charge is 0.240 e. The molecule has 0 aliphatic carbocycles. The van der Waals surface area contributed by atoms with Crippen LogP contribution in [-0.2, 0) is 21.4 Å².